The summed E-state index contributed by atoms with van der Waals surface area (Å²) in [5, 5.41) is 27.6. The van der Waals surface area contributed by atoms with E-state index < -0.39 is 23.2 Å². The molecule has 1 aromatic heterocycles. The minimum Gasteiger partial charge on any atom is -0.508 e. The number of carbonyl (C=O) groups is 2. The molecule has 39 heavy (non-hydrogen) atoms. The quantitative estimate of drug-likeness (QED) is 0.339. The first-order valence-electron chi connectivity index (χ1n) is 12.3. The molecule has 0 bridgehead atoms. The van der Waals surface area contributed by atoms with Gasteiger partial charge in [0, 0.05) is 29.9 Å². The Morgan fingerprint density at radius 2 is 1.85 bits per heavy atom. The van der Waals surface area contributed by atoms with Crippen LogP contribution in [0.2, 0.25) is 0 Å². The standard InChI is InChI=1S/C28H32N6O5/c1-17(2)32-25-26(37)34(16-24(36)30-14-19-8-6-18(13-29)7-9-19)23(15-31-25)20-10-21(12-22(35)11-20)33-27(38)39-28(3,4)5/h6-12,15,17,35H,14,16H2,1-5H3,(H,30,36)(H,31,32)(H,33,38). The zero-order valence-corrected chi connectivity index (χ0v) is 22.5. The van der Waals surface area contributed by atoms with Gasteiger partial charge in [0.2, 0.25) is 5.91 Å². The van der Waals surface area contributed by atoms with Crippen molar-refractivity contribution in [2.24, 2.45) is 0 Å². The van der Waals surface area contributed by atoms with Crippen LogP contribution in [-0.4, -0.2) is 38.3 Å². The molecule has 0 atom stereocenters. The van der Waals surface area contributed by atoms with E-state index >= 15 is 0 Å². The van der Waals surface area contributed by atoms with E-state index in [-0.39, 0.29) is 42.1 Å². The van der Waals surface area contributed by atoms with Gasteiger partial charge >= 0.3 is 6.09 Å². The second-order valence-electron chi connectivity index (χ2n) is 10.2. The average Bonchev–Trinajstić information content (AvgIpc) is 2.83. The first kappa shape index (κ1) is 28.7. The van der Waals surface area contributed by atoms with Crippen molar-refractivity contribution < 1.29 is 19.4 Å². The fraction of sp³-hybridized carbons (Fsp3) is 0.321. The zero-order chi connectivity index (χ0) is 28.7. The number of ether oxygens (including phenoxy) is 1. The van der Waals surface area contributed by atoms with Gasteiger partial charge in [0.1, 0.15) is 17.9 Å². The SMILES string of the molecule is CC(C)Nc1ncc(-c2cc(O)cc(NC(=O)OC(C)(C)C)c2)n(CC(=O)NCc2ccc(C#N)cc2)c1=O. The Kier molecular flexibility index (Phi) is 8.93. The molecule has 11 nitrogen and oxygen atoms in total. The number of phenolic OH excluding ortho intramolecular Hbond substituents is 1. The smallest absolute Gasteiger partial charge is 0.412 e. The third-order valence-corrected chi connectivity index (χ3v) is 5.21. The Bertz CT molecular complexity index is 1450. The van der Waals surface area contributed by atoms with Crippen LogP contribution in [0.1, 0.15) is 45.7 Å². The summed E-state index contributed by atoms with van der Waals surface area (Å²) in [7, 11) is 0. The maximum absolute atomic E-state index is 13.4. The lowest BCUT2D eigenvalue weighted by molar-refractivity contribution is -0.121. The van der Waals surface area contributed by atoms with Gasteiger partial charge in [-0.25, -0.2) is 9.78 Å². The number of rotatable bonds is 8. The van der Waals surface area contributed by atoms with E-state index in [9.17, 15) is 19.5 Å². The lowest BCUT2D eigenvalue weighted by atomic mass is 10.1. The van der Waals surface area contributed by atoms with Gasteiger partial charge in [0.25, 0.3) is 5.56 Å². The third kappa shape index (κ3) is 8.33. The average molecular weight is 533 g/mol. The van der Waals surface area contributed by atoms with Gasteiger partial charge in [-0.15, -0.1) is 0 Å². The Morgan fingerprint density at radius 3 is 2.46 bits per heavy atom. The molecule has 0 saturated heterocycles. The second kappa shape index (κ2) is 12.1. The van der Waals surface area contributed by atoms with Crippen molar-refractivity contribution in [2.45, 2.75) is 59.4 Å². The Morgan fingerprint density at radius 1 is 1.15 bits per heavy atom. The van der Waals surface area contributed by atoms with Crippen LogP contribution in [0, 0.1) is 11.3 Å². The number of aromatic nitrogens is 2. The number of nitriles is 1. The molecule has 0 fully saturated rings. The van der Waals surface area contributed by atoms with Gasteiger partial charge in [0.15, 0.2) is 5.82 Å². The lowest BCUT2D eigenvalue weighted by Crippen LogP contribution is -2.35. The molecule has 3 aromatic rings. The van der Waals surface area contributed by atoms with Crippen LogP contribution in [0.25, 0.3) is 11.3 Å². The topological polar surface area (TPSA) is 158 Å². The normalized spacial score (nSPS) is 11.0. The van der Waals surface area contributed by atoms with Gasteiger partial charge in [-0.3, -0.25) is 19.5 Å². The maximum atomic E-state index is 13.4. The number of hydrogen-bond donors (Lipinski definition) is 4. The lowest BCUT2D eigenvalue weighted by Gasteiger charge is -2.20. The zero-order valence-electron chi connectivity index (χ0n) is 22.5. The Hall–Kier alpha value is -4.85. The molecule has 0 aliphatic heterocycles. The highest BCUT2D eigenvalue weighted by Gasteiger charge is 2.19. The summed E-state index contributed by atoms with van der Waals surface area (Å²) in [6, 6.07) is 13.0. The first-order chi connectivity index (χ1) is 18.3. The molecule has 0 radical (unpaired) electrons. The molecule has 3 rings (SSSR count). The molecule has 4 N–H and O–H groups in total. The summed E-state index contributed by atoms with van der Waals surface area (Å²) in [4.78, 5) is 42.8. The Labute approximate surface area is 226 Å². The number of carbonyl (C=O) groups excluding carboxylic acids is 2. The van der Waals surface area contributed by atoms with Gasteiger partial charge in [0.05, 0.1) is 23.5 Å². The van der Waals surface area contributed by atoms with Gasteiger partial charge in [-0.1, -0.05) is 12.1 Å². The number of aromatic hydroxyl groups is 1. The van der Waals surface area contributed by atoms with Crippen molar-refractivity contribution in [3.05, 3.63) is 70.1 Å². The van der Waals surface area contributed by atoms with Crippen molar-refractivity contribution in [2.75, 3.05) is 10.6 Å². The summed E-state index contributed by atoms with van der Waals surface area (Å²) in [5.74, 6) is -0.537. The summed E-state index contributed by atoms with van der Waals surface area (Å²) >= 11 is 0. The van der Waals surface area contributed by atoms with E-state index in [1.807, 2.05) is 19.9 Å². The first-order valence-corrected chi connectivity index (χ1v) is 12.3. The largest absolute Gasteiger partial charge is 0.508 e. The van der Waals surface area contributed by atoms with E-state index in [1.54, 1.807) is 51.1 Å². The predicted molar refractivity (Wildman–Crippen MR) is 147 cm³/mol. The molecule has 0 aliphatic rings. The fourth-order valence-electron chi connectivity index (χ4n) is 3.60. The van der Waals surface area contributed by atoms with Crippen LogP contribution in [0.15, 0.2) is 53.5 Å². The van der Waals surface area contributed by atoms with Crippen LogP contribution in [0.3, 0.4) is 0 Å². The molecule has 0 unspecified atom stereocenters. The van der Waals surface area contributed by atoms with Crippen molar-refractivity contribution in [1.29, 1.82) is 5.26 Å². The van der Waals surface area contributed by atoms with Gasteiger partial charge < -0.3 is 20.5 Å². The van der Waals surface area contributed by atoms with E-state index in [1.165, 1.54) is 22.9 Å². The number of nitrogens with zero attached hydrogens (tertiary/aromatic N) is 3. The van der Waals surface area contributed by atoms with Crippen molar-refractivity contribution in [3.63, 3.8) is 0 Å². The van der Waals surface area contributed by atoms with E-state index in [0.29, 0.717) is 11.1 Å². The van der Waals surface area contributed by atoms with Crippen molar-refractivity contribution in [1.82, 2.24) is 14.9 Å². The summed E-state index contributed by atoms with van der Waals surface area (Å²) < 4.78 is 6.52. The van der Waals surface area contributed by atoms with E-state index in [2.05, 4.69) is 20.9 Å². The van der Waals surface area contributed by atoms with Crippen LogP contribution >= 0.6 is 0 Å². The highest BCUT2D eigenvalue weighted by atomic mass is 16.6. The maximum Gasteiger partial charge on any atom is 0.412 e. The molecule has 204 valence electrons. The number of amides is 2. The minimum absolute atomic E-state index is 0.0703. The number of benzene rings is 2. The molecule has 0 aliphatic carbocycles. The van der Waals surface area contributed by atoms with Crippen LogP contribution in [0.4, 0.5) is 16.3 Å². The molecular weight excluding hydrogens is 500 g/mol. The molecule has 0 spiro atoms. The predicted octanol–water partition coefficient (Wildman–Crippen LogP) is 3.97. The van der Waals surface area contributed by atoms with Crippen molar-refractivity contribution >= 4 is 23.5 Å². The van der Waals surface area contributed by atoms with E-state index in [4.69, 9.17) is 10.00 Å². The molecule has 0 saturated carbocycles. The number of phenols is 1. The summed E-state index contributed by atoms with van der Waals surface area (Å²) in [6.07, 6.45) is 0.708. The van der Waals surface area contributed by atoms with E-state index in [0.717, 1.165) is 5.56 Å². The van der Waals surface area contributed by atoms with Gasteiger partial charge in [-0.05, 0) is 64.4 Å². The Balaban J connectivity index is 1.92. The van der Waals surface area contributed by atoms with Crippen LogP contribution in [0.5, 0.6) is 5.75 Å². The fourth-order valence-corrected chi connectivity index (χ4v) is 3.60. The minimum atomic E-state index is -0.724. The summed E-state index contributed by atoms with van der Waals surface area (Å²) in [6.45, 7) is 8.76. The van der Waals surface area contributed by atoms with Crippen LogP contribution < -0.4 is 21.5 Å². The van der Waals surface area contributed by atoms with Crippen molar-refractivity contribution in [3.8, 4) is 23.1 Å². The van der Waals surface area contributed by atoms with Crippen LogP contribution in [-0.2, 0) is 22.6 Å². The third-order valence-electron chi connectivity index (χ3n) is 5.21. The molecule has 11 heteroatoms. The molecule has 1 heterocycles. The summed E-state index contributed by atoms with van der Waals surface area (Å²) in [5.41, 5.74) is 0.881. The monoisotopic (exact) mass is 532 g/mol. The number of hydrogen-bond acceptors (Lipinski definition) is 8. The number of nitrogens with one attached hydrogen (secondary N) is 3. The second-order valence-corrected chi connectivity index (χ2v) is 10.2. The molecular formula is C28H32N6O5. The highest BCUT2D eigenvalue weighted by molar-refractivity contribution is 5.86. The number of anilines is 2. The molecule has 2 aromatic carbocycles. The van der Waals surface area contributed by atoms with Gasteiger partial charge in [-0.2, -0.15) is 5.26 Å². The molecule has 2 amide bonds. The highest BCUT2D eigenvalue weighted by Crippen LogP contribution is 2.28.